The Balaban J connectivity index is 1.98. The summed E-state index contributed by atoms with van der Waals surface area (Å²) in [6.07, 6.45) is 0.395. The average molecular weight is 305 g/mol. The molecule has 110 valence electrons. The Morgan fingerprint density at radius 3 is 2.57 bits per heavy atom. The summed E-state index contributed by atoms with van der Waals surface area (Å²) in [7, 11) is 0. The number of carbonyl (C=O) groups is 1. The minimum Gasteiger partial charge on any atom is -0.508 e. The van der Waals surface area contributed by atoms with Crippen LogP contribution < -0.4 is 11.1 Å². The van der Waals surface area contributed by atoms with Crippen molar-refractivity contribution in [2.24, 2.45) is 5.73 Å². The van der Waals surface area contributed by atoms with Gasteiger partial charge in [0.1, 0.15) is 5.75 Å². The SMILES string of the molecule is Cc1ccc(NC(=O)[C@@H](N)Cc2ccc(O)cc2)cc1Cl. The number of benzene rings is 2. The van der Waals surface area contributed by atoms with Crippen LogP contribution in [0.15, 0.2) is 42.5 Å². The van der Waals surface area contributed by atoms with Gasteiger partial charge in [0.25, 0.3) is 0 Å². The number of phenols is 1. The van der Waals surface area contributed by atoms with Crippen LogP contribution in [0.5, 0.6) is 5.75 Å². The van der Waals surface area contributed by atoms with Gasteiger partial charge in [-0.1, -0.05) is 29.8 Å². The Kier molecular flexibility index (Phi) is 4.83. The Bertz CT molecular complexity index is 641. The first-order valence-electron chi connectivity index (χ1n) is 6.56. The molecular weight excluding hydrogens is 288 g/mol. The molecule has 2 aromatic carbocycles. The van der Waals surface area contributed by atoms with Gasteiger partial charge >= 0.3 is 0 Å². The maximum Gasteiger partial charge on any atom is 0.241 e. The number of rotatable bonds is 4. The van der Waals surface area contributed by atoms with E-state index in [-0.39, 0.29) is 11.7 Å². The summed E-state index contributed by atoms with van der Waals surface area (Å²) in [5.41, 5.74) is 8.35. The third kappa shape index (κ3) is 4.21. The largest absolute Gasteiger partial charge is 0.508 e. The van der Waals surface area contributed by atoms with E-state index in [1.54, 1.807) is 36.4 Å². The molecule has 2 rings (SSSR count). The van der Waals surface area contributed by atoms with E-state index in [4.69, 9.17) is 17.3 Å². The summed E-state index contributed by atoms with van der Waals surface area (Å²) < 4.78 is 0. The van der Waals surface area contributed by atoms with Crippen LogP contribution in [0.25, 0.3) is 0 Å². The van der Waals surface area contributed by atoms with Crippen molar-refractivity contribution in [3.8, 4) is 5.75 Å². The highest BCUT2D eigenvalue weighted by Gasteiger charge is 2.14. The minimum atomic E-state index is -0.672. The van der Waals surface area contributed by atoms with Gasteiger partial charge in [-0.2, -0.15) is 0 Å². The second kappa shape index (κ2) is 6.61. The van der Waals surface area contributed by atoms with Crippen molar-refractivity contribution in [2.45, 2.75) is 19.4 Å². The van der Waals surface area contributed by atoms with E-state index in [1.807, 2.05) is 13.0 Å². The molecule has 0 bridgehead atoms. The van der Waals surface area contributed by atoms with E-state index in [0.717, 1.165) is 11.1 Å². The number of carbonyl (C=O) groups excluding carboxylic acids is 1. The maximum atomic E-state index is 12.1. The van der Waals surface area contributed by atoms with Crippen molar-refractivity contribution < 1.29 is 9.90 Å². The quantitative estimate of drug-likeness (QED) is 0.813. The lowest BCUT2D eigenvalue weighted by Crippen LogP contribution is -2.37. The van der Waals surface area contributed by atoms with Crippen molar-refractivity contribution in [3.05, 3.63) is 58.6 Å². The standard InChI is InChI=1S/C16H17ClN2O2/c1-10-2-5-12(9-14(10)17)19-16(21)15(18)8-11-3-6-13(20)7-4-11/h2-7,9,15,20H,8,18H2,1H3,(H,19,21)/t15-/m0/s1. The second-order valence-electron chi connectivity index (χ2n) is 4.93. The van der Waals surface area contributed by atoms with E-state index in [0.29, 0.717) is 17.1 Å². The van der Waals surface area contributed by atoms with E-state index < -0.39 is 6.04 Å². The number of hydrogen-bond acceptors (Lipinski definition) is 3. The Morgan fingerprint density at radius 1 is 1.29 bits per heavy atom. The number of anilines is 1. The van der Waals surface area contributed by atoms with Gasteiger partial charge < -0.3 is 16.2 Å². The molecule has 2 aromatic rings. The number of nitrogens with one attached hydrogen (secondary N) is 1. The summed E-state index contributed by atoms with van der Waals surface area (Å²) in [5.74, 6) is -0.0888. The first kappa shape index (κ1) is 15.4. The zero-order chi connectivity index (χ0) is 15.4. The van der Waals surface area contributed by atoms with Crippen LogP contribution in [0.4, 0.5) is 5.69 Å². The number of hydrogen-bond donors (Lipinski definition) is 3. The van der Waals surface area contributed by atoms with Gasteiger partial charge in [-0.05, 0) is 48.7 Å². The monoisotopic (exact) mass is 304 g/mol. The zero-order valence-electron chi connectivity index (χ0n) is 11.6. The third-order valence-corrected chi connectivity index (χ3v) is 3.58. The molecule has 0 unspecified atom stereocenters. The Labute approximate surface area is 128 Å². The lowest BCUT2D eigenvalue weighted by Gasteiger charge is -2.13. The van der Waals surface area contributed by atoms with Gasteiger partial charge in [-0.3, -0.25) is 4.79 Å². The van der Waals surface area contributed by atoms with Crippen molar-refractivity contribution in [2.75, 3.05) is 5.32 Å². The molecule has 4 nitrogen and oxygen atoms in total. The number of aryl methyl sites for hydroxylation is 1. The molecule has 21 heavy (non-hydrogen) atoms. The summed E-state index contributed by atoms with van der Waals surface area (Å²) in [4.78, 5) is 12.1. The van der Waals surface area contributed by atoms with Crippen LogP contribution in [0.2, 0.25) is 5.02 Å². The van der Waals surface area contributed by atoms with Crippen molar-refractivity contribution in [1.29, 1.82) is 0 Å². The van der Waals surface area contributed by atoms with Crippen LogP contribution in [0.3, 0.4) is 0 Å². The molecule has 0 aliphatic carbocycles. The van der Waals surface area contributed by atoms with Crippen molar-refractivity contribution in [1.82, 2.24) is 0 Å². The predicted octanol–water partition coefficient (Wildman–Crippen LogP) is 2.86. The lowest BCUT2D eigenvalue weighted by molar-refractivity contribution is -0.117. The highest BCUT2D eigenvalue weighted by atomic mass is 35.5. The molecule has 0 spiro atoms. The fourth-order valence-corrected chi connectivity index (χ4v) is 2.06. The molecule has 0 saturated heterocycles. The molecule has 1 atom stereocenters. The number of halogens is 1. The van der Waals surface area contributed by atoms with Gasteiger partial charge in [-0.15, -0.1) is 0 Å². The molecule has 5 heteroatoms. The maximum absolute atomic E-state index is 12.1. The average Bonchev–Trinajstić information content (AvgIpc) is 2.45. The molecule has 0 aromatic heterocycles. The molecule has 0 radical (unpaired) electrons. The topological polar surface area (TPSA) is 75.4 Å². The first-order valence-corrected chi connectivity index (χ1v) is 6.94. The van der Waals surface area contributed by atoms with E-state index in [1.165, 1.54) is 0 Å². The lowest BCUT2D eigenvalue weighted by atomic mass is 10.1. The van der Waals surface area contributed by atoms with E-state index >= 15 is 0 Å². The molecule has 1 amide bonds. The van der Waals surface area contributed by atoms with Gasteiger partial charge in [0.15, 0.2) is 0 Å². The smallest absolute Gasteiger partial charge is 0.241 e. The van der Waals surface area contributed by atoms with Gasteiger partial charge in [-0.25, -0.2) is 0 Å². The molecule has 0 aliphatic heterocycles. The molecule has 0 saturated carbocycles. The fraction of sp³-hybridized carbons (Fsp3) is 0.188. The highest BCUT2D eigenvalue weighted by Crippen LogP contribution is 2.20. The van der Waals surface area contributed by atoms with Crippen LogP contribution in [0.1, 0.15) is 11.1 Å². The Hall–Kier alpha value is -2.04. The van der Waals surface area contributed by atoms with E-state index in [9.17, 15) is 9.90 Å². The molecular formula is C16H17ClN2O2. The molecule has 0 heterocycles. The predicted molar refractivity (Wildman–Crippen MR) is 84.6 cm³/mol. The fourth-order valence-electron chi connectivity index (χ4n) is 1.88. The number of nitrogens with two attached hydrogens (primary N) is 1. The van der Waals surface area contributed by atoms with E-state index in [2.05, 4.69) is 5.32 Å². The minimum absolute atomic E-state index is 0.186. The summed E-state index contributed by atoms with van der Waals surface area (Å²) in [6.45, 7) is 1.89. The number of amides is 1. The van der Waals surface area contributed by atoms with Crippen molar-refractivity contribution >= 4 is 23.2 Å². The van der Waals surface area contributed by atoms with Gasteiger partial charge in [0.05, 0.1) is 6.04 Å². The molecule has 0 aliphatic rings. The number of phenolic OH excluding ortho intramolecular Hbond substituents is 1. The van der Waals surface area contributed by atoms with Crippen LogP contribution in [-0.2, 0) is 11.2 Å². The van der Waals surface area contributed by atoms with Crippen LogP contribution >= 0.6 is 11.6 Å². The highest BCUT2D eigenvalue weighted by molar-refractivity contribution is 6.31. The van der Waals surface area contributed by atoms with Crippen molar-refractivity contribution in [3.63, 3.8) is 0 Å². The summed E-state index contributed by atoms with van der Waals surface area (Å²) >= 11 is 6.02. The summed E-state index contributed by atoms with van der Waals surface area (Å²) in [6, 6.07) is 11.3. The third-order valence-electron chi connectivity index (χ3n) is 3.17. The second-order valence-corrected chi connectivity index (χ2v) is 5.34. The normalized spacial score (nSPS) is 12.0. The van der Waals surface area contributed by atoms with Gasteiger partial charge in [0.2, 0.25) is 5.91 Å². The molecule has 0 fully saturated rings. The van der Waals surface area contributed by atoms with Gasteiger partial charge in [0, 0.05) is 10.7 Å². The Morgan fingerprint density at radius 2 is 1.95 bits per heavy atom. The van der Waals surface area contributed by atoms with Crippen LogP contribution in [-0.4, -0.2) is 17.1 Å². The van der Waals surface area contributed by atoms with Crippen LogP contribution in [0, 0.1) is 6.92 Å². The summed E-state index contributed by atoms with van der Waals surface area (Å²) in [5, 5.41) is 12.6. The zero-order valence-corrected chi connectivity index (χ0v) is 12.4. The first-order chi connectivity index (χ1) is 9.95. The molecule has 4 N–H and O–H groups in total. The number of aromatic hydroxyl groups is 1.